The van der Waals surface area contributed by atoms with Crippen molar-refractivity contribution in [2.24, 2.45) is 5.73 Å². The molecule has 0 spiro atoms. The fourth-order valence-electron chi connectivity index (χ4n) is 2.33. The van der Waals surface area contributed by atoms with Crippen LogP contribution in [0.2, 0.25) is 0 Å². The van der Waals surface area contributed by atoms with Gasteiger partial charge in [0.1, 0.15) is 0 Å². The summed E-state index contributed by atoms with van der Waals surface area (Å²) in [4.78, 5) is 2.45. The van der Waals surface area contributed by atoms with Crippen molar-refractivity contribution in [3.63, 3.8) is 0 Å². The second kappa shape index (κ2) is 5.83. The summed E-state index contributed by atoms with van der Waals surface area (Å²) in [5.74, 6) is 0. The van der Waals surface area contributed by atoms with Crippen molar-refractivity contribution in [2.45, 2.75) is 51.7 Å². The lowest BCUT2D eigenvalue weighted by Gasteiger charge is -2.37. The summed E-state index contributed by atoms with van der Waals surface area (Å²) in [6.07, 6.45) is 3.78. The molecule has 1 aliphatic rings. The number of ether oxygens (including phenoxy) is 1. The summed E-state index contributed by atoms with van der Waals surface area (Å²) in [5.41, 5.74) is 6.23. The van der Waals surface area contributed by atoms with Gasteiger partial charge in [0.15, 0.2) is 0 Å². The fourth-order valence-corrected chi connectivity index (χ4v) is 2.33. The van der Waals surface area contributed by atoms with Crippen LogP contribution in [-0.2, 0) is 4.74 Å². The summed E-state index contributed by atoms with van der Waals surface area (Å²) in [6.45, 7) is 10.5. The number of rotatable bonds is 5. The zero-order chi connectivity index (χ0) is 11.3. The second-order valence-corrected chi connectivity index (χ2v) is 5.04. The van der Waals surface area contributed by atoms with Gasteiger partial charge in [-0.3, -0.25) is 4.90 Å². The van der Waals surface area contributed by atoms with Crippen molar-refractivity contribution in [3.8, 4) is 0 Å². The van der Waals surface area contributed by atoms with Gasteiger partial charge in [0, 0.05) is 25.2 Å². The highest BCUT2D eigenvalue weighted by Crippen LogP contribution is 2.14. The van der Waals surface area contributed by atoms with E-state index in [2.05, 4.69) is 25.7 Å². The molecule has 1 aliphatic heterocycles. The van der Waals surface area contributed by atoms with E-state index in [1.807, 2.05) is 0 Å². The smallest absolute Gasteiger partial charge is 0.0700 e. The van der Waals surface area contributed by atoms with Gasteiger partial charge in [0.05, 0.1) is 12.7 Å². The van der Waals surface area contributed by atoms with E-state index in [1.165, 1.54) is 0 Å². The maximum Gasteiger partial charge on any atom is 0.0700 e. The van der Waals surface area contributed by atoms with E-state index in [0.717, 1.165) is 45.5 Å². The molecule has 3 nitrogen and oxygen atoms in total. The van der Waals surface area contributed by atoms with Crippen molar-refractivity contribution < 1.29 is 4.74 Å². The van der Waals surface area contributed by atoms with Gasteiger partial charge < -0.3 is 10.5 Å². The molecule has 2 N–H and O–H groups in total. The first-order valence-corrected chi connectivity index (χ1v) is 6.20. The maximum absolute atomic E-state index is 6.26. The van der Waals surface area contributed by atoms with Crippen LogP contribution in [0.1, 0.15) is 40.0 Å². The predicted octanol–water partition coefficient (Wildman–Crippen LogP) is 1.61. The normalized spacial score (nSPS) is 27.6. The molecule has 1 saturated heterocycles. The van der Waals surface area contributed by atoms with E-state index in [9.17, 15) is 0 Å². The highest BCUT2D eigenvalue weighted by atomic mass is 16.5. The van der Waals surface area contributed by atoms with E-state index < -0.39 is 0 Å². The Morgan fingerprint density at radius 1 is 1.47 bits per heavy atom. The predicted molar refractivity (Wildman–Crippen MR) is 64.0 cm³/mol. The van der Waals surface area contributed by atoms with Gasteiger partial charge in [-0.1, -0.05) is 20.3 Å². The molecule has 0 aromatic carbocycles. The number of hydrogen-bond acceptors (Lipinski definition) is 3. The van der Waals surface area contributed by atoms with Gasteiger partial charge in [-0.2, -0.15) is 0 Å². The van der Waals surface area contributed by atoms with Crippen molar-refractivity contribution >= 4 is 0 Å². The second-order valence-electron chi connectivity index (χ2n) is 5.04. The molecule has 3 heteroatoms. The van der Waals surface area contributed by atoms with Gasteiger partial charge in [-0.05, 0) is 19.8 Å². The minimum atomic E-state index is -0.0373. The standard InChI is InChI=1S/C12H26N2O/c1-4-6-12(3,13)10-14-7-8-15-11(5-2)9-14/h11H,4-10,13H2,1-3H3. The fraction of sp³-hybridized carbons (Fsp3) is 1.00. The summed E-state index contributed by atoms with van der Waals surface area (Å²) < 4.78 is 5.65. The summed E-state index contributed by atoms with van der Waals surface area (Å²) in [5, 5.41) is 0. The maximum atomic E-state index is 6.26. The van der Waals surface area contributed by atoms with E-state index in [0.29, 0.717) is 6.10 Å². The third-order valence-corrected chi connectivity index (χ3v) is 3.08. The summed E-state index contributed by atoms with van der Waals surface area (Å²) >= 11 is 0. The number of nitrogens with two attached hydrogens (primary N) is 1. The zero-order valence-corrected chi connectivity index (χ0v) is 10.5. The monoisotopic (exact) mass is 214 g/mol. The van der Waals surface area contributed by atoms with E-state index in [1.54, 1.807) is 0 Å². The molecule has 0 amide bonds. The first-order chi connectivity index (χ1) is 7.07. The molecule has 15 heavy (non-hydrogen) atoms. The minimum absolute atomic E-state index is 0.0373. The summed E-state index contributed by atoms with van der Waals surface area (Å²) in [6, 6.07) is 0. The van der Waals surface area contributed by atoms with Crippen LogP contribution < -0.4 is 5.73 Å². The molecule has 1 fully saturated rings. The minimum Gasteiger partial charge on any atom is -0.376 e. The first kappa shape index (κ1) is 12.9. The molecule has 90 valence electrons. The molecule has 2 atom stereocenters. The average Bonchev–Trinajstić information content (AvgIpc) is 2.17. The van der Waals surface area contributed by atoms with E-state index >= 15 is 0 Å². The Morgan fingerprint density at radius 3 is 2.80 bits per heavy atom. The molecule has 0 bridgehead atoms. The van der Waals surface area contributed by atoms with Gasteiger partial charge in [0.2, 0.25) is 0 Å². The number of nitrogens with zero attached hydrogens (tertiary/aromatic N) is 1. The Bertz CT molecular complexity index is 182. The number of morpholine rings is 1. The van der Waals surface area contributed by atoms with E-state index in [4.69, 9.17) is 10.5 Å². The van der Waals surface area contributed by atoms with Crippen molar-refractivity contribution in [3.05, 3.63) is 0 Å². The summed E-state index contributed by atoms with van der Waals surface area (Å²) in [7, 11) is 0. The SMILES string of the molecule is CCCC(C)(N)CN1CCOC(CC)C1. The highest BCUT2D eigenvalue weighted by molar-refractivity contribution is 4.84. The Morgan fingerprint density at radius 2 is 2.20 bits per heavy atom. The van der Waals surface area contributed by atoms with Crippen molar-refractivity contribution in [2.75, 3.05) is 26.2 Å². The van der Waals surface area contributed by atoms with Gasteiger partial charge in [0.25, 0.3) is 0 Å². The molecule has 0 aliphatic carbocycles. The Kier molecular flexibility index (Phi) is 5.03. The molecular weight excluding hydrogens is 188 g/mol. The van der Waals surface area contributed by atoms with Crippen LogP contribution in [-0.4, -0.2) is 42.8 Å². The molecule has 0 aromatic heterocycles. The van der Waals surface area contributed by atoms with Crippen LogP contribution in [0.4, 0.5) is 0 Å². The Balaban J connectivity index is 2.36. The largest absolute Gasteiger partial charge is 0.376 e. The lowest BCUT2D eigenvalue weighted by Crippen LogP contribution is -2.52. The topological polar surface area (TPSA) is 38.5 Å². The molecule has 1 heterocycles. The molecular formula is C12H26N2O. The van der Waals surface area contributed by atoms with Crippen molar-refractivity contribution in [1.29, 1.82) is 0 Å². The third kappa shape index (κ3) is 4.49. The molecule has 2 unspecified atom stereocenters. The first-order valence-electron chi connectivity index (χ1n) is 6.20. The van der Waals surface area contributed by atoms with Crippen LogP contribution in [0.5, 0.6) is 0 Å². The average molecular weight is 214 g/mol. The lowest BCUT2D eigenvalue weighted by molar-refractivity contribution is -0.0353. The quantitative estimate of drug-likeness (QED) is 0.755. The number of hydrogen-bond donors (Lipinski definition) is 1. The van der Waals surface area contributed by atoms with E-state index in [-0.39, 0.29) is 5.54 Å². The zero-order valence-electron chi connectivity index (χ0n) is 10.5. The van der Waals surface area contributed by atoms with Crippen LogP contribution >= 0.6 is 0 Å². The Labute approximate surface area is 94.0 Å². The molecule has 0 radical (unpaired) electrons. The lowest BCUT2D eigenvalue weighted by atomic mass is 9.96. The van der Waals surface area contributed by atoms with Crippen LogP contribution in [0.3, 0.4) is 0 Å². The molecule has 0 saturated carbocycles. The van der Waals surface area contributed by atoms with Gasteiger partial charge in [-0.25, -0.2) is 0 Å². The Hall–Kier alpha value is -0.120. The highest BCUT2D eigenvalue weighted by Gasteiger charge is 2.25. The molecule has 1 rings (SSSR count). The van der Waals surface area contributed by atoms with Crippen LogP contribution in [0.15, 0.2) is 0 Å². The van der Waals surface area contributed by atoms with Gasteiger partial charge in [-0.15, -0.1) is 0 Å². The van der Waals surface area contributed by atoms with Crippen LogP contribution in [0.25, 0.3) is 0 Å². The van der Waals surface area contributed by atoms with Crippen LogP contribution in [0, 0.1) is 0 Å². The van der Waals surface area contributed by atoms with Gasteiger partial charge >= 0.3 is 0 Å². The van der Waals surface area contributed by atoms with Crippen molar-refractivity contribution in [1.82, 2.24) is 4.90 Å². The molecule has 0 aromatic rings. The third-order valence-electron chi connectivity index (χ3n) is 3.08.